The Morgan fingerprint density at radius 3 is 2.38 bits per heavy atom. The summed E-state index contributed by atoms with van der Waals surface area (Å²) in [4.78, 5) is 0. The van der Waals surface area contributed by atoms with E-state index in [9.17, 15) is 18.3 Å². The van der Waals surface area contributed by atoms with Gasteiger partial charge in [0.2, 0.25) is 0 Å². The van der Waals surface area contributed by atoms with E-state index in [0.29, 0.717) is 11.3 Å². The molecule has 0 aliphatic rings. The third-order valence-corrected chi connectivity index (χ3v) is 2.98. The normalized spacial score (nSPS) is 11.5. The first kappa shape index (κ1) is 15.3. The number of alkyl halides is 3. The Morgan fingerprint density at radius 1 is 1.05 bits per heavy atom. The predicted octanol–water partition coefficient (Wildman–Crippen LogP) is 3.45. The summed E-state index contributed by atoms with van der Waals surface area (Å²) in [6.45, 7) is -0.467. The molecular formula is C15H14F3NO2. The van der Waals surface area contributed by atoms with Crippen molar-refractivity contribution in [3.63, 3.8) is 0 Å². The van der Waals surface area contributed by atoms with Crippen LogP contribution < -0.4 is 10.5 Å². The zero-order valence-electron chi connectivity index (χ0n) is 11.0. The minimum absolute atomic E-state index is 0.00490. The molecule has 112 valence electrons. The second kappa shape index (κ2) is 6.15. The quantitative estimate of drug-likeness (QED) is 0.908. The van der Waals surface area contributed by atoms with Gasteiger partial charge < -0.3 is 15.6 Å². The Balaban J connectivity index is 2.37. The highest BCUT2D eigenvalue weighted by Gasteiger charge is 2.33. The summed E-state index contributed by atoms with van der Waals surface area (Å²) in [6.07, 6.45) is -4.50. The molecule has 0 aliphatic carbocycles. The number of benzene rings is 2. The standard InChI is InChI=1S/C15H14F3NO2/c16-15(17,18)13-7-12(6-5-10(13)8-19)21-14-4-2-1-3-11(14)9-20/h1-7,20H,8-9,19H2. The molecule has 6 heteroatoms. The topological polar surface area (TPSA) is 55.5 Å². The Kier molecular flexibility index (Phi) is 4.50. The van der Waals surface area contributed by atoms with E-state index in [4.69, 9.17) is 10.5 Å². The van der Waals surface area contributed by atoms with Crippen molar-refractivity contribution in [2.24, 2.45) is 5.73 Å². The van der Waals surface area contributed by atoms with Gasteiger partial charge in [-0.15, -0.1) is 0 Å². The maximum atomic E-state index is 12.9. The minimum Gasteiger partial charge on any atom is -0.457 e. The summed E-state index contributed by atoms with van der Waals surface area (Å²) in [5, 5.41) is 9.19. The van der Waals surface area contributed by atoms with E-state index in [2.05, 4.69) is 0 Å². The lowest BCUT2D eigenvalue weighted by Gasteiger charge is -2.15. The van der Waals surface area contributed by atoms with Crippen molar-refractivity contribution in [1.82, 2.24) is 0 Å². The third-order valence-electron chi connectivity index (χ3n) is 2.98. The highest BCUT2D eigenvalue weighted by atomic mass is 19.4. The smallest absolute Gasteiger partial charge is 0.416 e. The fourth-order valence-electron chi connectivity index (χ4n) is 1.92. The van der Waals surface area contributed by atoms with Crippen LogP contribution in [0.4, 0.5) is 13.2 Å². The van der Waals surface area contributed by atoms with Crippen molar-refractivity contribution in [3.8, 4) is 11.5 Å². The van der Waals surface area contributed by atoms with Gasteiger partial charge in [-0.3, -0.25) is 0 Å². The Bertz CT molecular complexity index is 627. The van der Waals surface area contributed by atoms with Crippen LogP contribution in [0, 0.1) is 0 Å². The molecule has 2 aromatic rings. The molecule has 0 amide bonds. The largest absolute Gasteiger partial charge is 0.457 e. The van der Waals surface area contributed by atoms with E-state index in [1.807, 2.05) is 0 Å². The first-order valence-corrected chi connectivity index (χ1v) is 6.22. The second-order valence-corrected chi connectivity index (χ2v) is 4.39. The summed E-state index contributed by atoms with van der Waals surface area (Å²) in [6, 6.07) is 10.2. The van der Waals surface area contributed by atoms with Crippen LogP contribution in [0.3, 0.4) is 0 Å². The lowest BCUT2D eigenvalue weighted by molar-refractivity contribution is -0.138. The molecule has 3 N–H and O–H groups in total. The molecule has 0 bridgehead atoms. The molecule has 0 heterocycles. The molecule has 3 nitrogen and oxygen atoms in total. The van der Waals surface area contributed by atoms with Crippen LogP contribution in [0.15, 0.2) is 42.5 Å². The molecule has 0 spiro atoms. The number of para-hydroxylation sites is 1. The number of aliphatic hydroxyl groups excluding tert-OH is 1. The summed E-state index contributed by atoms with van der Waals surface area (Å²) in [7, 11) is 0. The van der Waals surface area contributed by atoms with Crippen LogP contribution in [0.1, 0.15) is 16.7 Å². The van der Waals surface area contributed by atoms with Gasteiger partial charge in [-0.05, 0) is 23.8 Å². The number of aliphatic hydroxyl groups is 1. The zero-order valence-corrected chi connectivity index (χ0v) is 11.0. The SMILES string of the molecule is NCc1ccc(Oc2ccccc2CO)cc1C(F)(F)F. The third kappa shape index (κ3) is 3.53. The number of rotatable bonds is 4. The number of halogens is 3. The molecule has 2 aromatic carbocycles. The van der Waals surface area contributed by atoms with Crippen LogP contribution in [-0.4, -0.2) is 5.11 Å². The Labute approximate surface area is 119 Å². The molecule has 2 rings (SSSR count). The average molecular weight is 297 g/mol. The number of hydrogen-bond donors (Lipinski definition) is 2. The maximum absolute atomic E-state index is 12.9. The van der Waals surface area contributed by atoms with E-state index in [-0.39, 0.29) is 24.5 Å². The monoisotopic (exact) mass is 297 g/mol. The van der Waals surface area contributed by atoms with Gasteiger partial charge in [-0.25, -0.2) is 0 Å². The van der Waals surface area contributed by atoms with Gasteiger partial charge in [0.1, 0.15) is 11.5 Å². The van der Waals surface area contributed by atoms with E-state index >= 15 is 0 Å². The first-order chi connectivity index (χ1) is 9.95. The fourth-order valence-corrected chi connectivity index (χ4v) is 1.92. The lowest BCUT2D eigenvalue weighted by atomic mass is 10.1. The van der Waals surface area contributed by atoms with E-state index in [0.717, 1.165) is 6.07 Å². The van der Waals surface area contributed by atoms with Gasteiger partial charge in [0.15, 0.2) is 0 Å². The molecule has 0 fully saturated rings. The van der Waals surface area contributed by atoms with Crippen molar-refractivity contribution >= 4 is 0 Å². The molecule has 0 atom stereocenters. The average Bonchev–Trinajstić information content (AvgIpc) is 2.47. The van der Waals surface area contributed by atoms with Gasteiger partial charge in [-0.1, -0.05) is 24.3 Å². The Morgan fingerprint density at radius 2 is 1.76 bits per heavy atom. The Hall–Kier alpha value is -2.05. The molecule has 21 heavy (non-hydrogen) atoms. The van der Waals surface area contributed by atoms with Crippen LogP contribution >= 0.6 is 0 Å². The molecule has 0 aliphatic heterocycles. The van der Waals surface area contributed by atoms with Gasteiger partial charge in [0.05, 0.1) is 12.2 Å². The highest BCUT2D eigenvalue weighted by Crippen LogP contribution is 2.35. The molecule has 0 saturated heterocycles. The summed E-state index contributed by atoms with van der Waals surface area (Å²) in [5.74, 6) is 0.356. The minimum atomic E-state index is -4.50. The maximum Gasteiger partial charge on any atom is 0.416 e. The number of nitrogens with two attached hydrogens (primary N) is 1. The van der Waals surface area contributed by atoms with Crippen LogP contribution in [0.2, 0.25) is 0 Å². The van der Waals surface area contributed by atoms with Crippen molar-refractivity contribution < 1.29 is 23.0 Å². The van der Waals surface area contributed by atoms with Crippen LogP contribution in [0.25, 0.3) is 0 Å². The number of ether oxygens (including phenoxy) is 1. The fraction of sp³-hybridized carbons (Fsp3) is 0.200. The van der Waals surface area contributed by atoms with Crippen molar-refractivity contribution in [1.29, 1.82) is 0 Å². The molecule has 0 unspecified atom stereocenters. The summed E-state index contributed by atoms with van der Waals surface area (Å²) in [5.41, 5.74) is 5.01. The lowest BCUT2D eigenvalue weighted by Crippen LogP contribution is -2.12. The zero-order chi connectivity index (χ0) is 15.5. The molecular weight excluding hydrogens is 283 g/mol. The molecule has 0 aromatic heterocycles. The van der Waals surface area contributed by atoms with Gasteiger partial charge in [0.25, 0.3) is 0 Å². The molecule has 0 saturated carbocycles. The van der Waals surface area contributed by atoms with Crippen molar-refractivity contribution in [3.05, 3.63) is 59.2 Å². The second-order valence-electron chi connectivity index (χ2n) is 4.39. The van der Waals surface area contributed by atoms with Gasteiger partial charge in [-0.2, -0.15) is 13.2 Å². The van der Waals surface area contributed by atoms with Crippen LogP contribution in [-0.2, 0) is 19.3 Å². The van der Waals surface area contributed by atoms with E-state index in [1.54, 1.807) is 24.3 Å². The highest BCUT2D eigenvalue weighted by molar-refractivity contribution is 5.42. The first-order valence-electron chi connectivity index (χ1n) is 6.22. The van der Waals surface area contributed by atoms with Gasteiger partial charge >= 0.3 is 6.18 Å². The van der Waals surface area contributed by atoms with Crippen molar-refractivity contribution in [2.75, 3.05) is 0 Å². The summed E-state index contributed by atoms with van der Waals surface area (Å²) < 4.78 is 44.3. The molecule has 0 radical (unpaired) electrons. The number of hydrogen-bond acceptors (Lipinski definition) is 3. The van der Waals surface area contributed by atoms with E-state index < -0.39 is 11.7 Å². The summed E-state index contributed by atoms with van der Waals surface area (Å²) >= 11 is 0. The van der Waals surface area contributed by atoms with Crippen molar-refractivity contribution in [2.45, 2.75) is 19.3 Å². The van der Waals surface area contributed by atoms with E-state index in [1.165, 1.54) is 12.1 Å². The van der Waals surface area contributed by atoms with Gasteiger partial charge in [0, 0.05) is 12.1 Å². The van der Waals surface area contributed by atoms with Crippen LogP contribution in [0.5, 0.6) is 11.5 Å². The predicted molar refractivity (Wildman–Crippen MR) is 71.8 cm³/mol.